The van der Waals surface area contributed by atoms with Crippen LogP contribution in [-0.2, 0) is 6.54 Å². The van der Waals surface area contributed by atoms with Crippen molar-refractivity contribution in [3.05, 3.63) is 18.2 Å². The van der Waals surface area contributed by atoms with Crippen molar-refractivity contribution in [3.63, 3.8) is 0 Å². The minimum Gasteiger partial charge on any atom is -0.396 e. The summed E-state index contributed by atoms with van der Waals surface area (Å²) in [6.45, 7) is 5.87. The van der Waals surface area contributed by atoms with Crippen molar-refractivity contribution < 1.29 is 9.90 Å². The van der Waals surface area contributed by atoms with E-state index in [0.29, 0.717) is 18.4 Å². The summed E-state index contributed by atoms with van der Waals surface area (Å²) in [5.74, 6) is 1.76. The molecule has 1 aromatic rings. The highest BCUT2D eigenvalue weighted by atomic mass is 16.3. The molecular formula is C16H28N4O2. The van der Waals surface area contributed by atoms with Gasteiger partial charge in [0.25, 0.3) is 0 Å². The second-order valence-electron chi connectivity index (χ2n) is 6.49. The number of hydrogen-bond acceptors (Lipinski definition) is 3. The molecule has 1 saturated carbocycles. The third kappa shape index (κ3) is 5.02. The maximum Gasteiger partial charge on any atom is 0.315 e. The lowest BCUT2D eigenvalue weighted by Gasteiger charge is -2.28. The number of imidazole rings is 1. The number of amides is 2. The van der Waals surface area contributed by atoms with E-state index >= 15 is 0 Å². The van der Waals surface area contributed by atoms with E-state index in [2.05, 4.69) is 27.1 Å². The van der Waals surface area contributed by atoms with Gasteiger partial charge in [0.1, 0.15) is 5.82 Å². The molecule has 2 amide bonds. The quantitative estimate of drug-likeness (QED) is 0.748. The van der Waals surface area contributed by atoms with Crippen LogP contribution in [0.3, 0.4) is 0 Å². The van der Waals surface area contributed by atoms with Crippen LogP contribution in [0.2, 0.25) is 0 Å². The van der Waals surface area contributed by atoms with Crippen molar-refractivity contribution >= 4 is 6.03 Å². The molecule has 0 bridgehead atoms. The number of aliphatic hydroxyl groups excluding tert-OH is 1. The van der Waals surface area contributed by atoms with Crippen LogP contribution in [0.25, 0.3) is 0 Å². The molecule has 0 radical (unpaired) electrons. The first-order valence-electron chi connectivity index (χ1n) is 8.21. The second-order valence-corrected chi connectivity index (χ2v) is 6.49. The fourth-order valence-electron chi connectivity index (χ4n) is 2.99. The third-order valence-corrected chi connectivity index (χ3v) is 4.48. The molecule has 0 aliphatic heterocycles. The Morgan fingerprint density at radius 3 is 2.77 bits per heavy atom. The Morgan fingerprint density at radius 1 is 1.45 bits per heavy atom. The predicted octanol–water partition coefficient (Wildman–Crippen LogP) is 1.68. The second kappa shape index (κ2) is 8.17. The summed E-state index contributed by atoms with van der Waals surface area (Å²) >= 11 is 0. The van der Waals surface area contributed by atoms with E-state index in [9.17, 15) is 4.79 Å². The van der Waals surface area contributed by atoms with Crippen LogP contribution >= 0.6 is 0 Å². The summed E-state index contributed by atoms with van der Waals surface area (Å²) in [6.07, 6.45) is 7.68. The monoisotopic (exact) mass is 308 g/mol. The average Bonchev–Trinajstić information content (AvgIpc) is 2.91. The molecule has 6 heteroatoms. The molecule has 1 heterocycles. The van der Waals surface area contributed by atoms with Gasteiger partial charge in [-0.3, -0.25) is 0 Å². The van der Waals surface area contributed by atoms with Crippen molar-refractivity contribution in [1.29, 1.82) is 0 Å². The molecular weight excluding hydrogens is 280 g/mol. The van der Waals surface area contributed by atoms with E-state index in [4.69, 9.17) is 5.11 Å². The van der Waals surface area contributed by atoms with Gasteiger partial charge in [0.05, 0.1) is 0 Å². The lowest BCUT2D eigenvalue weighted by atomic mass is 9.87. The molecule has 0 saturated heterocycles. The van der Waals surface area contributed by atoms with Crippen LogP contribution in [0.15, 0.2) is 12.4 Å². The molecule has 3 N–H and O–H groups in total. The van der Waals surface area contributed by atoms with Gasteiger partial charge in [-0.2, -0.15) is 0 Å². The predicted molar refractivity (Wildman–Crippen MR) is 85.5 cm³/mol. The van der Waals surface area contributed by atoms with E-state index < -0.39 is 0 Å². The first-order valence-corrected chi connectivity index (χ1v) is 8.21. The number of aliphatic hydroxyl groups is 1. The molecule has 1 aliphatic rings. The summed E-state index contributed by atoms with van der Waals surface area (Å²) in [5, 5.41) is 15.1. The van der Waals surface area contributed by atoms with Gasteiger partial charge in [-0.25, -0.2) is 9.78 Å². The highest BCUT2D eigenvalue weighted by Gasteiger charge is 2.21. The molecule has 1 atom stereocenters. The number of aromatic nitrogens is 2. The highest BCUT2D eigenvalue weighted by Crippen LogP contribution is 2.23. The van der Waals surface area contributed by atoms with Gasteiger partial charge in [0, 0.05) is 38.1 Å². The molecule has 1 aromatic heterocycles. The molecule has 0 spiro atoms. The SMILES string of the molecule is Cc1nccn1CC(C)CNC(=O)NC1CCC(CO)CC1. The highest BCUT2D eigenvalue weighted by molar-refractivity contribution is 5.74. The molecule has 1 aliphatic carbocycles. The number of carbonyl (C=O) groups is 1. The average molecular weight is 308 g/mol. The van der Waals surface area contributed by atoms with Gasteiger partial charge in [-0.1, -0.05) is 6.92 Å². The zero-order chi connectivity index (χ0) is 15.9. The van der Waals surface area contributed by atoms with Crippen molar-refractivity contribution in [1.82, 2.24) is 20.2 Å². The standard InChI is InChI=1S/C16H28N4O2/c1-12(10-20-8-7-17-13(20)2)9-18-16(22)19-15-5-3-14(11-21)4-6-15/h7-8,12,14-15,21H,3-6,9-11H2,1-2H3,(H2,18,19,22). The van der Waals surface area contributed by atoms with Crippen LogP contribution in [0.1, 0.15) is 38.4 Å². The van der Waals surface area contributed by atoms with Crippen molar-refractivity contribution in [2.24, 2.45) is 11.8 Å². The van der Waals surface area contributed by atoms with Crippen LogP contribution < -0.4 is 10.6 Å². The number of hydrogen-bond donors (Lipinski definition) is 3. The van der Waals surface area contributed by atoms with Gasteiger partial charge in [-0.15, -0.1) is 0 Å². The summed E-state index contributed by atoms with van der Waals surface area (Å²) in [6, 6.07) is 0.163. The fraction of sp³-hybridized carbons (Fsp3) is 0.750. The topological polar surface area (TPSA) is 79.2 Å². The molecule has 2 rings (SSSR count). The molecule has 124 valence electrons. The molecule has 22 heavy (non-hydrogen) atoms. The Balaban J connectivity index is 1.64. The molecule has 6 nitrogen and oxygen atoms in total. The lowest BCUT2D eigenvalue weighted by molar-refractivity contribution is 0.174. The molecule has 0 aromatic carbocycles. The minimum atomic E-state index is -0.0818. The van der Waals surface area contributed by atoms with Crippen LogP contribution in [-0.4, -0.2) is 39.9 Å². The Hall–Kier alpha value is -1.56. The normalized spacial score (nSPS) is 23.0. The van der Waals surface area contributed by atoms with Crippen LogP contribution in [0.5, 0.6) is 0 Å². The Morgan fingerprint density at radius 2 is 2.18 bits per heavy atom. The Bertz CT molecular complexity index is 466. The van der Waals surface area contributed by atoms with E-state index in [1.165, 1.54) is 0 Å². The number of carbonyl (C=O) groups excluding carboxylic acids is 1. The number of aryl methyl sites for hydroxylation is 1. The minimum absolute atomic E-state index is 0.0818. The number of urea groups is 1. The van der Waals surface area contributed by atoms with Crippen molar-refractivity contribution in [2.45, 2.75) is 52.1 Å². The number of rotatable bonds is 6. The van der Waals surface area contributed by atoms with Gasteiger partial charge >= 0.3 is 6.03 Å². The maximum absolute atomic E-state index is 11.9. The Labute approximate surface area is 132 Å². The van der Waals surface area contributed by atoms with Gasteiger partial charge in [-0.05, 0) is 44.4 Å². The molecule has 1 fully saturated rings. The lowest BCUT2D eigenvalue weighted by Crippen LogP contribution is -2.45. The van der Waals surface area contributed by atoms with E-state index in [1.807, 2.05) is 13.1 Å². The van der Waals surface area contributed by atoms with Gasteiger partial charge in [0.2, 0.25) is 0 Å². The van der Waals surface area contributed by atoms with Crippen molar-refractivity contribution in [3.8, 4) is 0 Å². The number of nitrogens with zero attached hydrogens (tertiary/aromatic N) is 2. The Kier molecular flexibility index (Phi) is 6.24. The van der Waals surface area contributed by atoms with Crippen LogP contribution in [0, 0.1) is 18.8 Å². The smallest absolute Gasteiger partial charge is 0.315 e. The zero-order valence-electron chi connectivity index (χ0n) is 13.6. The van der Waals surface area contributed by atoms with Gasteiger partial charge < -0.3 is 20.3 Å². The zero-order valence-corrected chi connectivity index (χ0v) is 13.6. The third-order valence-electron chi connectivity index (χ3n) is 4.48. The first kappa shape index (κ1) is 16.8. The first-order chi connectivity index (χ1) is 10.6. The summed E-state index contributed by atoms with van der Waals surface area (Å²) < 4.78 is 2.10. The summed E-state index contributed by atoms with van der Waals surface area (Å²) in [4.78, 5) is 16.1. The number of nitrogens with one attached hydrogen (secondary N) is 2. The van der Waals surface area contributed by atoms with E-state index in [1.54, 1.807) is 6.20 Å². The fourth-order valence-corrected chi connectivity index (χ4v) is 2.99. The van der Waals surface area contributed by atoms with E-state index in [0.717, 1.165) is 38.1 Å². The largest absolute Gasteiger partial charge is 0.396 e. The summed E-state index contributed by atoms with van der Waals surface area (Å²) in [7, 11) is 0. The summed E-state index contributed by atoms with van der Waals surface area (Å²) in [5.41, 5.74) is 0. The van der Waals surface area contributed by atoms with Gasteiger partial charge in [0.15, 0.2) is 0 Å². The maximum atomic E-state index is 11.9. The van der Waals surface area contributed by atoms with Crippen molar-refractivity contribution in [2.75, 3.05) is 13.2 Å². The van der Waals surface area contributed by atoms with E-state index in [-0.39, 0.29) is 18.7 Å². The molecule has 1 unspecified atom stereocenters. The van der Waals surface area contributed by atoms with Crippen LogP contribution in [0.4, 0.5) is 4.79 Å².